The predicted octanol–water partition coefficient (Wildman–Crippen LogP) is 4.48. The number of carbonyl (C=O) groups is 2. The van der Waals surface area contributed by atoms with Crippen LogP contribution in [0.15, 0.2) is 65.3 Å². The van der Waals surface area contributed by atoms with E-state index in [0.29, 0.717) is 18.8 Å². The molecule has 0 bridgehead atoms. The normalized spacial score (nSPS) is 10.4. The number of urea groups is 1. The van der Waals surface area contributed by atoms with Crippen LogP contribution in [0.1, 0.15) is 23.0 Å². The van der Waals surface area contributed by atoms with Gasteiger partial charge in [0, 0.05) is 29.9 Å². The van der Waals surface area contributed by atoms with Gasteiger partial charge in [0.25, 0.3) is 0 Å². The van der Waals surface area contributed by atoms with Crippen LogP contribution in [0.5, 0.6) is 0 Å². The number of esters is 1. The molecule has 7 nitrogen and oxygen atoms in total. The molecule has 0 aliphatic heterocycles. The van der Waals surface area contributed by atoms with Crippen LogP contribution in [-0.2, 0) is 11.3 Å². The van der Waals surface area contributed by atoms with Crippen molar-refractivity contribution in [2.24, 2.45) is 0 Å². The Balaban J connectivity index is 1.62. The summed E-state index contributed by atoms with van der Waals surface area (Å²) in [5.74, 6) is -0.455. The first kappa shape index (κ1) is 20.6. The lowest BCUT2D eigenvalue weighted by Gasteiger charge is -2.19. The van der Waals surface area contributed by atoms with Crippen LogP contribution in [0.2, 0.25) is 0 Å². The Bertz CT molecular complexity index is 1000. The topological polar surface area (TPSA) is 76.5 Å². The maximum absolute atomic E-state index is 12.5. The van der Waals surface area contributed by atoms with Crippen LogP contribution in [0, 0.1) is 0 Å². The molecule has 2 aromatic carbocycles. The maximum atomic E-state index is 12.5. The lowest BCUT2D eigenvalue weighted by atomic mass is 10.2. The molecular formula is C21H21BrN4O3. The molecule has 0 radical (unpaired) electrons. The fourth-order valence-electron chi connectivity index (χ4n) is 2.65. The average Bonchev–Trinajstić information content (AvgIpc) is 3.21. The Hall–Kier alpha value is -3.13. The number of ether oxygens (including phenoxy) is 1. The van der Waals surface area contributed by atoms with E-state index in [1.165, 1.54) is 0 Å². The first-order valence-corrected chi connectivity index (χ1v) is 9.86. The van der Waals surface area contributed by atoms with Crippen LogP contribution in [0.4, 0.5) is 10.5 Å². The second-order valence-electron chi connectivity index (χ2n) is 6.29. The Labute approximate surface area is 177 Å². The Morgan fingerprint density at radius 1 is 1.14 bits per heavy atom. The molecule has 0 fully saturated rings. The molecule has 0 atom stereocenters. The van der Waals surface area contributed by atoms with Crippen molar-refractivity contribution in [3.05, 3.63) is 76.5 Å². The second-order valence-corrected chi connectivity index (χ2v) is 7.14. The maximum Gasteiger partial charge on any atom is 0.358 e. The molecule has 1 heterocycles. The van der Waals surface area contributed by atoms with Gasteiger partial charge in [0.2, 0.25) is 0 Å². The predicted molar refractivity (Wildman–Crippen MR) is 114 cm³/mol. The SMILES string of the molecule is CCOC(=O)c1ccn(-c2ccc(NC(=O)N(C)Cc3ccccc3Br)cc2)n1. The highest BCUT2D eigenvalue weighted by Crippen LogP contribution is 2.18. The lowest BCUT2D eigenvalue weighted by Crippen LogP contribution is -2.30. The standard InChI is InChI=1S/C21H21BrN4O3/c1-3-29-20(27)19-12-13-26(24-19)17-10-8-16(9-11-17)23-21(28)25(2)14-15-6-4-5-7-18(15)22/h4-13H,3,14H2,1-2H3,(H,23,28). The molecule has 0 aliphatic rings. The third-order valence-electron chi connectivity index (χ3n) is 4.17. The molecule has 0 saturated heterocycles. The third kappa shape index (κ3) is 5.23. The number of carbonyl (C=O) groups excluding carboxylic acids is 2. The number of hydrogen-bond acceptors (Lipinski definition) is 4. The highest BCUT2D eigenvalue weighted by molar-refractivity contribution is 9.10. The van der Waals surface area contributed by atoms with Gasteiger partial charge in [0.1, 0.15) is 0 Å². The van der Waals surface area contributed by atoms with Gasteiger partial charge < -0.3 is 15.0 Å². The minimum absolute atomic E-state index is 0.211. The van der Waals surface area contributed by atoms with E-state index >= 15 is 0 Å². The van der Waals surface area contributed by atoms with Crippen LogP contribution in [0.25, 0.3) is 5.69 Å². The van der Waals surface area contributed by atoms with E-state index < -0.39 is 5.97 Å². The zero-order chi connectivity index (χ0) is 20.8. The first-order valence-electron chi connectivity index (χ1n) is 9.06. The number of hydrogen-bond donors (Lipinski definition) is 1. The number of anilines is 1. The zero-order valence-corrected chi connectivity index (χ0v) is 17.7. The van der Waals surface area contributed by atoms with E-state index in [1.54, 1.807) is 47.9 Å². The van der Waals surface area contributed by atoms with Crippen molar-refractivity contribution in [3.63, 3.8) is 0 Å². The number of benzene rings is 2. The number of nitrogens with zero attached hydrogens (tertiary/aromatic N) is 3. The molecule has 3 rings (SSSR count). The van der Waals surface area contributed by atoms with Gasteiger partial charge in [0.15, 0.2) is 5.69 Å². The summed E-state index contributed by atoms with van der Waals surface area (Å²) in [5.41, 5.74) is 2.70. The number of aromatic nitrogens is 2. The van der Waals surface area contributed by atoms with Crippen molar-refractivity contribution < 1.29 is 14.3 Å². The summed E-state index contributed by atoms with van der Waals surface area (Å²) in [6, 6.07) is 16.4. The van der Waals surface area contributed by atoms with E-state index in [2.05, 4.69) is 26.3 Å². The number of nitrogens with one attached hydrogen (secondary N) is 1. The summed E-state index contributed by atoms with van der Waals surface area (Å²) in [5, 5.41) is 7.08. The molecule has 1 aromatic heterocycles. The van der Waals surface area contributed by atoms with Crippen molar-refractivity contribution in [1.29, 1.82) is 0 Å². The monoisotopic (exact) mass is 456 g/mol. The largest absolute Gasteiger partial charge is 0.461 e. The van der Waals surface area contributed by atoms with Gasteiger partial charge >= 0.3 is 12.0 Å². The molecule has 0 saturated carbocycles. The molecular weight excluding hydrogens is 436 g/mol. The fraction of sp³-hybridized carbons (Fsp3) is 0.190. The minimum atomic E-state index is -0.455. The number of amides is 2. The smallest absolute Gasteiger partial charge is 0.358 e. The van der Waals surface area contributed by atoms with E-state index in [1.807, 2.05) is 36.4 Å². The Morgan fingerprint density at radius 3 is 2.55 bits per heavy atom. The Kier molecular flexibility index (Phi) is 6.66. The van der Waals surface area contributed by atoms with Gasteiger partial charge in [-0.05, 0) is 48.9 Å². The summed E-state index contributed by atoms with van der Waals surface area (Å²) in [6.45, 7) is 2.53. The summed E-state index contributed by atoms with van der Waals surface area (Å²) in [4.78, 5) is 25.8. The van der Waals surface area contributed by atoms with E-state index in [9.17, 15) is 9.59 Å². The van der Waals surface area contributed by atoms with E-state index in [-0.39, 0.29) is 11.7 Å². The molecule has 2 amide bonds. The molecule has 150 valence electrons. The molecule has 29 heavy (non-hydrogen) atoms. The average molecular weight is 457 g/mol. The summed E-state index contributed by atoms with van der Waals surface area (Å²) >= 11 is 3.49. The van der Waals surface area contributed by atoms with Crippen LogP contribution in [-0.4, -0.2) is 40.3 Å². The quantitative estimate of drug-likeness (QED) is 0.554. The molecule has 0 spiro atoms. The van der Waals surface area contributed by atoms with Gasteiger partial charge in [-0.3, -0.25) is 0 Å². The number of rotatable bonds is 6. The van der Waals surface area contributed by atoms with E-state index in [0.717, 1.165) is 15.7 Å². The second kappa shape index (κ2) is 9.38. The molecule has 0 aliphatic carbocycles. The van der Waals surface area contributed by atoms with Crippen LogP contribution < -0.4 is 5.32 Å². The van der Waals surface area contributed by atoms with Crippen molar-refractivity contribution in [2.45, 2.75) is 13.5 Å². The van der Waals surface area contributed by atoms with Gasteiger partial charge in [-0.2, -0.15) is 5.10 Å². The minimum Gasteiger partial charge on any atom is -0.461 e. The lowest BCUT2D eigenvalue weighted by molar-refractivity contribution is 0.0519. The van der Waals surface area contributed by atoms with Gasteiger partial charge in [-0.1, -0.05) is 34.1 Å². The summed E-state index contributed by atoms with van der Waals surface area (Å²) < 4.78 is 7.49. The molecule has 3 aromatic rings. The van der Waals surface area contributed by atoms with Crippen molar-refractivity contribution in [2.75, 3.05) is 19.0 Å². The van der Waals surface area contributed by atoms with Crippen molar-refractivity contribution in [3.8, 4) is 5.69 Å². The third-order valence-corrected chi connectivity index (χ3v) is 4.94. The highest BCUT2D eigenvalue weighted by Gasteiger charge is 2.12. The Morgan fingerprint density at radius 2 is 1.86 bits per heavy atom. The fourth-order valence-corrected chi connectivity index (χ4v) is 3.06. The van der Waals surface area contributed by atoms with Gasteiger partial charge in [-0.25, -0.2) is 14.3 Å². The molecule has 8 heteroatoms. The molecule has 0 unspecified atom stereocenters. The van der Waals surface area contributed by atoms with Crippen molar-refractivity contribution >= 4 is 33.6 Å². The van der Waals surface area contributed by atoms with Crippen molar-refractivity contribution in [1.82, 2.24) is 14.7 Å². The number of halogens is 1. The van der Waals surface area contributed by atoms with Crippen LogP contribution >= 0.6 is 15.9 Å². The van der Waals surface area contributed by atoms with Gasteiger partial charge in [0.05, 0.1) is 12.3 Å². The summed E-state index contributed by atoms with van der Waals surface area (Å²) in [7, 11) is 1.74. The summed E-state index contributed by atoms with van der Waals surface area (Å²) in [6.07, 6.45) is 1.69. The van der Waals surface area contributed by atoms with E-state index in [4.69, 9.17) is 4.74 Å². The molecule has 1 N–H and O–H groups in total. The first-order chi connectivity index (χ1) is 14.0. The zero-order valence-electron chi connectivity index (χ0n) is 16.1. The highest BCUT2D eigenvalue weighted by atomic mass is 79.9. The van der Waals surface area contributed by atoms with Gasteiger partial charge in [-0.15, -0.1) is 0 Å². The van der Waals surface area contributed by atoms with Crippen LogP contribution in [0.3, 0.4) is 0 Å².